The lowest BCUT2D eigenvalue weighted by Crippen LogP contribution is -2.39. The van der Waals surface area contributed by atoms with Crippen molar-refractivity contribution in [1.29, 1.82) is 0 Å². The van der Waals surface area contributed by atoms with Crippen LogP contribution in [0.2, 0.25) is 0 Å². The topological polar surface area (TPSA) is 51.7 Å². The molecule has 2 aromatic rings. The van der Waals surface area contributed by atoms with Crippen molar-refractivity contribution in [3.05, 3.63) is 41.4 Å². The number of carbonyl (C=O) groups excluding carboxylic acids is 1. The quantitative estimate of drug-likeness (QED) is 0.773. The van der Waals surface area contributed by atoms with Gasteiger partial charge in [-0.3, -0.25) is 4.79 Å². The summed E-state index contributed by atoms with van der Waals surface area (Å²) in [5.41, 5.74) is 1.65. The van der Waals surface area contributed by atoms with Gasteiger partial charge in [-0.05, 0) is 25.0 Å². The molecule has 5 nitrogen and oxygen atoms in total. The second-order valence-corrected chi connectivity index (χ2v) is 6.69. The summed E-state index contributed by atoms with van der Waals surface area (Å²) < 4.78 is 10.9. The van der Waals surface area contributed by atoms with Crippen LogP contribution in [0.5, 0.6) is 0 Å². The zero-order valence-electron chi connectivity index (χ0n) is 13.8. The van der Waals surface area contributed by atoms with Crippen LogP contribution < -0.4 is 0 Å². The van der Waals surface area contributed by atoms with Crippen molar-refractivity contribution in [2.75, 3.05) is 33.4 Å². The molecule has 0 N–H and O–H groups in total. The average molecular weight is 346 g/mol. The van der Waals surface area contributed by atoms with Gasteiger partial charge in [0.1, 0.15) is 5.01 Å². The largest absolute Gasteiger partial charge is 0.383 e. The average Bonchev–Trinajstić information content (AvgIpc) is 3.31. The number of thiazole rings is 1. The summed E-state index contributed by atoms with van der Waals surface area (Å²) in [6.07, 6.45) is 3.98. The Bertz CT molecular complexity index is 654. The first-order chi connectivity index (χ1) is 11.8. The lowest BCUT2D eigenvalue weighted by Gasteiger charge is -2.25. The fourth-order valence-corrected chi connectivity index (χ4v) is 3.48. The third kappa shape index (κ3) is 4.20. The zero-order chi connectivity index (χ0) is 16.8. The van der Waals surface area contributed by atoms with Crippen molar-refractivity contribution in [1.82, 2.24) is 9.88 Å². The van der Waals surface area contributed by atoms with E-state index >= 15 is 0 Å². The standard InChI is InChI=1S/C18H22N2O3S/c1-22-10-8-20(13-16-6-3-9-23-16)18(21)15-5-2-4-14(12-15)17-19-7-11-24-17/h2,4-5,7,11-12,16H,3,6,8-10,13H2,1H3. The predicted octanol–water partition coefficient (Wildman–Crippen LogP) is 3.08. The minimum atomic E-state index is 0.0148. The predicted molar refractivity (Wildman–Crippen MR) is 94.3 cm³/mol. The second kappa shape index (κ2) is 8.37. The first-order valence-corrected chi connectivity index (χ1v) is 9.05. The Balaban J connectivity index is 1.76. The Morgan fingerprint density at radius 3 is 3.12 bits per heavy atom. The van der Waals surface area contributed by atoms with E-state index in [0.717, 1.165) is 30.0 Å². The van der Waals surface area contributed by atoms with Gasteiger partial charge >= 0.3 is 0 Å². The molecular formula is C18H22N2O3S. The number of amides is 1. The molecule has 1 fully saturated rings. The van der Waals surface area contributed by atoms with Crippen molar-refractivity contribution in [2.24, 2.45) is 0 Å². The molecule has 128 valence electrons. The molecule has 1 aliphatic heterocycles. The number of aromatic nitrogens is 1. The van der Waals surface area contributed by atoms with E-state index < -0.39 is 0 Å². The van der Waals surface area contributed by atoms with E-state index in [1.807, 2.05) is 34.5 Å². The molecule has 24 heavy (non-hydrogen) atoms. The molecule has 1 aromatic carbocycles. The molecular weight excluding hydrogens is 324 g/mol. The molecule has 0 saturated carbocycles. The fourth-order valence-electron chi connectivity index (χ4n) is 2.85. The molecule has 1 unspecified atom stereocenters. The van der Waals surface area contributed by atoms with Gasteiger partial charge in [0.05, 0.1) is 12.7 Å². The SMILES string of the molecule is COCCN(CC1CCCO1)C(=O)c1cccc(-c2nccs2)c1. The summed E-state index contributed by atoms with van der Waals surface area (Å²) in [5, 5.41) is 2.86. The third-order valence-corrected chi connectivity index (χ3v) is 4.91. The molecule has 1 amide bonds. The second-order valence-electron chi connectivity index (χ2n) is 5.80. The maximum absolute atomic E-state index is 13.0. The fraction of sp³-hybridized carbons (Fsp3) is 0.444. The van der Waals surface area contributed by atoms with Gasteiger partial charge in [0.15, 0.2) is 0 Å². The molecule has 3 rings (SSSR count). The van der Waals surface area contributed by atoms with Crippen LogP contribution in [0, 0.1) is 0 Å². The Morgan fingerprint density at radius 1 is 1.50 bits per heavy atom. The van der Waals surface area contributed by atoms with Gasteiger partial charge in [-0.2, -0.15) is 0 Å². The van der Waals surface area contributed by atoms with E-state index in [4.69, 9.17) is 9.47 Å². The van der Waals surface area contributed by atoms with Crippen LogP contribution in [-0.2, 0) is 9.47 Å². The van der Waals surface area contributed by atoms with Gasteiger partial charge in [-0.1, -0.05) is 12.1 Å². The Hall–Kier alpha value is -1.76. The number of hydrogen-bond donors (Lipinski definition) is 0. The maximum Gasteiger partial charge on any atom is 0.254 e. The smallest absolute Gasteiger partial charge is 0.254 e. The molecule has 0 spiro atoms. The number of carbonyl (C=O) groups is 1. The van der Waals surface area contributed by atoms with E-state index in [2.05, 4.69) is 4.98 Å². The number of methoxy groups -OCH3 is 1. The van der Waals surface area contributed by atoms with Gasteiger partial charge in [-0.15, -0.1) is 11.3 Å². The molecule has 1 aliphatic rings. The van der Waals surface area contributed by atoms with Gasteiger partial charge in [0.2, 0.25) is 0 Å². The van der Waals surface area contributed by atoms with Crippen molar-refractivity contribution in [2.45, 2.75) is 18.9 Å². The first kappa shape index (κ1) is 17.1. The monoisotopic (exact) mass is 346 g/mol. The van der Waals surface area contributed by atoms with Crippen LogP contribution >= 0.6 is 11.3 Å². The van der Waals surface area contributed by atoms with Crippen molar-refractivity contribution in [3.8, 4) is 10.6 Å². The van der Waals surface area contributed by atoms with E-state index in [1.165, 1.54) is 0 Å². The van der Waals surface area contributed by atoms with Crippen LogP contribution in [0.4, 0.5) is 0 Å². The Kier molecular flexibility index (Phi) is 5.96. The highest BCUT2D eigenvalue weighted by molar-refractivity contribution is 7.13. The molecule has 0 aliphatic carbocycles. The van der Waals surface area contributed by atoms with Crippen LogP contribution in [-0.4, -0.2) is 55.3 Å². The van der Waals surface area contributed by atoms with Crippen LogP contribution in [0.25, 0.3) is 10.6 Å². The number of hydrogen-bond acceptors (Lipinski definition) is 5. The minimum absolute atomic E-state index is 0.0148. The molecule has 0 bridgehead atoms. The summed E-state index contributed by atoms with van der Waals surface area (Å²) in [6.45, 7) is 2.49. The highest BCUT2D eigenvalue weighted by Gasteiger charge is 2.23. The van der Waals surface area contributed by atoms with Gasteiger partial charge < -0.3 is 14.4 Å². The summed E-state index contributed by atoms with van der Waals surface area (Å²) in [7, 11) is 1.65. The van der Waals surface area contributed by atoms with Crippen molar-refractivity contribution >= 4 is 17.2 Å². The van der Waals surface area contributed by atoms with E-state index in [9.17, 15) is 4.79 Å². The zero-order valence-corrected chi connectivity index (χ0v) is 14.6. The molecule has 1 saturated heterocycles. The van der Waals surface area contributed by atoms with Crippen molar-refractivity contribution in [3.63, 3.8) is 0 Å². The minimum Gasteiger partial charge on any atom is -0.383 e. The number of ether oxygens (including phenoxy) is 2. The molecule has 6 heteroatoms. The molecule has 2 heterocycles. The van der Waals surface area contributed by atoms with Crippen LogP contribution in [0.3, 0.4) is 0 Å². The third-order valence-electron chi connectivity index (χ3n) is 4.09. The Morgan fingerprint density at radius 2 is 2.42 bits per heavy atom. The van der Waals surface area contributed by atoms with Gasteiger partial charge in [-0.25, -0.2) is 4.98 Å². The number of rotatable bonds is 7. The molecule has 1 aromatic heterocycles. The highest BCUT2D eigenvalue weighted by Crippen LogP contribution is 2.23. The highest BCUT2D eigenvalue weighted by atomic mass is 32.1. The van der Waals surface area contributed by atoms with Crippen molar-refractivity contribution < 1.29 is 14.3 Å². The maximum atomic E-state index is 13.0. The number of nitrogens with zero attached hydrogens (tertiary/aromatic N) is 2. The van der Waals surface area contributed by atoms with E-state index in [-0.39, 0.29) is 12.0 Å². The summed E-state index contributed by atoms with van der Waals surface area (Å²) in [6, 6.07) is 7.66. The molecule has 1 atom stereocenters. The number of benzene rings is 1. The first-order valence-electron chi connectivity index (χ1n) is 8.17. The van der Waals surface area contributed by atoms with Gasteiger partial charge in [0.25, 0.3) is 5.91 Å². The summed E-state index contributed by atoms with van der Waals surface area (Å²) in [4.78, 5) is 19.1. The van der Waals surface area contributed by atoms with E-state index in [0.29, 0.717) is 25.3 Å². The summed E-state index contributed by atoms with van der Waals surface area (Å²) in [5.74, 6) is 0.0148. The Labute approximate surface area is 146 Å². The van der Waals surface area contributed by atoms with Gasteiger partial charge in [0, 0.05) is 49.5 Å². The van der Waals surface area contributed by atoms with Crippen LogP contribution in [0.15, 0.2) is 35.8 Å². The summed E-state index contributed by atoms with van der Waals surface area (Å²) >= 11 is 1.57. The lowest BCUT2D eigenvalue weighted by atomic mass is 10.1. The van der Waals surface area contributed by atoms with Crippen LogP contribution in [0.1, 0.15) is 23.2 Å². The van der Waals surface area contributed by atoms with E-state index in [1.54, 1.807) is 24.6 Å². The normalized spacial score (nSPS) is 17.1. The lowest BCUT2D eigenvalue weighted by molar-refractivity contribution is 0.0456. The molecule has 0 radical (unpaired) electrons.